The summed E-state index contributed by atoms with van der Waals surface area (Å²) in [5, 5.41) is 7.12. The van der Waals surface area contributed by atoms with Gasteiger partial charge in [-0.1, -0.05) is 29.8 Å². The van der Waals surface area contributed by atoms with Crippen molar-refractivity contribution in [2.24, 2.45) is 0 Å². The molecule has 1 heterocycles. The molecule has 6 heteroatoms. The van der Waals surface area contributed by atoms with Gasteiger partial charge in [-0.05, 0) is 24.6 Å². The normalized spacial score (nSPS) is 12.0. The first-order chi connectivity index (χ1) is 10.0. The van der Waals surface area contributed by atoms with E-state index in [0.29, 0.717) is 5.69 Å². The first-order valence-electron chi connectivity index (χ1n) is 6.41. The molecule has 0 aliphatic carbocycles. The molecule has 1 aromatic carbocycles. The Balaban J connectivity index is 2.25. The zero-order valence-corrected chi connectivity index (χ0v) is 12.3. The second-order valence-electron chi connectivity index (χ2n) is 4.57. The zero-order valence-electron chi connectivity index (χ0n) is 11.5. The highest BCUT2D eigenvalue weighted by Gasteiger charge is 2.12. The summed E-state index contributed by atoms with van der Waals surface area (Å²) in [7, 11) is 0. The lowest BCUT2D eigenvalue weighted by Crippen LogP contribution is -2.24. The fourth-order valence-electron chi connectivity index (χ4n) is 1.91. The fraction of sp³-hybridized carbons (Fsp3) is 0.200. The number of nitrogens with one attached hydrogen (secondary N) is 1. The Bertz CT molecular complexity index is 714. The third-order valence-corrected chi connectivity index (χ3v) is 3.37. The molecule has 1 atom stereocenters. The van der Waals surface area contributed by atoms with Gasteiger partial charge in [-0.2, -0.15) is 5.10 Å². The number of aromatic nitrogens is 2. The third-order valence-electron chi connectivity index (χ3n) is 3.01. The summed E-state index contributed by atoms with van der Waals surface area (Å²) in [6.07, 6.45) is 3.04. The van der Waals surface area contributed by atoms with Crippen molar-refractivity contribution in [1.29, 1.82) is 0 Å². The van der Waals surface area contributed by atoms with E-state index < -0.39 is 5.56 Å². The maximum Gasteiger partial charge on any atom is 0.287 e. The van der Waals surface area contributed by atoms with Crippen LogP contribution >= 0.6 is 11.6 Å². The molecule has 1 N–H and O–H groups in total. The molecule has 110 valence electrons. The molecule has 0 fully saturated rings. The summed E-state index contributed by atoms with van der Waals surface area (Å²) in [6.45, 7) is 5.69. The van der Waals surface area contributed by atoms with Crippen LogP contribution in [0.4, 0.5) is 10.1 Å². The summed E-state index contributed by atoms with van der Waals surface area (Å²) in [6, 6.07) is 6.01. The van der Waals surface area contributed by atoms with Crippen LogP contribution in [0.25, 0.3) is 0 Å². The van der Waals surface area contributed by atoms with Crippen molar-refractivity contribution in [1.82, 2.24) is 9.78 Å². The summed E-state index contributed by atoms with van der Waals surface area (Å²) in [5.41, 5.74) is 0.771. The van der Waals surface area contributed by atoms with Gasteiger partial charge in [0.15, 0.2) is 0 Å². The molecular weight excluding hydrogens is 293 g/mol. The first-order valence-corrected chi connectivity index (χ1v) is 6.79. The maximum atomic E-state index is 13.2. The van der Waals surface area contributed by atoms with Gasteiger partial charge in [0.1, 0.15) is 10.8 Å². The molecule has 0 bridgehead atoms. The van der Waals surface area contributed by atoms with Crippen LogP contribution < -0.4 is 10.9 Å². The highest BCUT2D eigenvalue weighted by atomic mass is 35.5. The predicted octanol–water partition coefficient (Wildman–Crippen LogP) is 3.39. The van der Waals surface area contributed by atoms with Crippen molar-refractivity contribution < 1.29 is 4.39 Å². The Morgan fingerprint density at radius 3 is 3.00 bits per heavy atom. The summed E-state index contributed by atoms with van der Waals surface area (Å²) < 4.78 is 14.4. The van der Waals surface area contributed by atoms with Crippen LogP contribution in [0, 0.1) is 5.82 Å². The van der Waals surface area contributed by atoms with Crippen LogP contribution in [0.15, 0.2) is 47.9 Å². The number of allylic oxidation sites excluding steroid dienone is 1. The minimum Gasteiger partial charge on any atom is -0.376 e. The van der Waals surface area contributed by atoms with E-state index in [1.807, 2.05) is 6.92 Å². The zero-order chi connectivity index (χ0) is 15.4. The van der Waals surface area contributed by atoms with Crippen molar-refractivity contribution in [2.45, 2.75) is 19.5 Å². The standard InChI is InChI=1S/C15H15ClFN3O/c1-3-7-20-15(21)14(16)13(9-18-20)19-10(2)11-5-4-6-12(17)8-11/h3-6,8-10,19H,1,7H2,2H3. The Hall–Kier alpha value is -2.14. The van der Waals surface area contributed by atoms with Crippen LogP contribution in [0.1, 0.15) is 18.5 Å². The number of hydrogen-bond acceptors (Lipinski definition) is 3. The molecule has 0 radical (unpaired) electrons. The number of rotatable bonds is 5. The minimum absolute atomic E-state index is 0.0510. The van der Waals surface area contributed by atoms with E-state index in [-0.39, 0.29) is 23.4 Å². The van der Waals surface area contributed by atoms with E-state index in [1.54, 1.807) is 18.2 Å². The lowest BCUT2D eigenvalue weighted by molar-refractivity contribution is 0.623. The van der Waals surface area contributed by atoms with Crippen molar-refractivity contribution in [3.8, 4) is 0 Å². The molecule has 2 aromatic rings. The summed E-state index contributed by atoms with van der Waals surface area (Å²) in [4.78, 5) is 12.0. The first kappa shape index (κ1) is 15.3. The molecular formula is C15H15ClFN3O. The van der Waals surface area contributed by atoms with E-state index in [0.717, 1.165) is 5.56 Å². The van der Waals surface area contributed by atoms with E-state index >= 15 is 0 Å². The molecule has 21 heavy (non-hydrogen) atoms. The van der Waals surface area contributed by atoms with Gasteiger partial charge in [-0.15, -0.1) is 6.58 Å². The average Bonchev–Trinajstić information content (AvgIpc) is 2.47. The van der Waals surface area contributed by atoms with Crippen LogP contribution in [0.2, 0.25) is 5.02 Å². The smallest absolute Gasteiger partial charge is 0.287 e. The van der Waals surface area contributed by atoms with E-state index in [2.05, 4.69) is 17.0 Å². The molecule has 0 saturated carbocycles. The van der Waals surface area contributed by atoms with Crippen LogP contribution in [0.5, 0.6) is 0 Å². The van der Waals surface area contributed by atoms with Crippen molar-refractivity contribution in [3.05, 3.63) is 69.9 Å². The second kappa shape index (κ2) is 6.54. The lowest BCUT2D eigenvalue weighted by Gasteiger charge is -2.16. The highest BCUT2D eigenvalue weighted by molar-refractivity contribution is 6.32. The van der Waals surface area contributed by atoms with Crippen LogP contribution in [-0.2, 0) is 6.54 Å². The van der Waals surface area contributed by atoms with Gasteiger partial charge >= 0.3 is 0 Å². The minimum atomic E-state index is -0.395. The molecule has 2 rings (SSSR count). The van der Waals surface area contributed by atoms with Gasteiger partial charge < -0.3 is 5.32 Å². The Kier molecular flexibility index (Phi) is 4.75. The predicted molar refractivity (Wildman–Crippen MR) is 82.1 cm³/mol. The highest BCUT2D eigenvalue weighted by Crippen LogP contribution is 2.23. The van der Waals surface area contributed by atoms with Gasteiger partial charge in [0.25, 0.3) is 5.56 Å². The van der Waals surface area contributed by atoms with Gasteiger partial charge in [-0.25, -0.2) is 9.07 Å². The number of halogens is 2. The SMILES string of the molecule is C=CCn1ncc(NC(C)c2cccc(F)c2)c(Cl)c1=O. The fourth-order valence-corrected chi connectivity index (χ4v) is 2.11. The van der Waals surface area contributed by atoms with Crippen molar-refractivity contribution in [2.75, 3.05) is 5.32 Å². The van der Waals surface area contributed by atoms with Crippen molar-refractivity contribution >= 4 is 17.3 Å². The number of nitrogens with zero attached hydrogens (tertiary/aromatic N) is 2. The topological polar surface area (TPSA) is 46.9 Å². The summed E-state index contributed by atoms with van der Waals surface area (Å²) >= 11 is 6.05. The molecule has 1 aromatic heterocycles. The Morgan fingerprint density at radius 1 is 1.57 bits per heavy atom. The van der Waals surface area contributed by atoms with Gasteiger partial charge in [0.05, 0.1) is 18.4 Å². The average molecular weight is 308 g/mol. The molecule has 0 amide bonds. The molecule has 4 nitrogen and oxygen atoms in total. The van der Waals surface area contributed by atoms with Gasteiger partial charge in [0, 0.05) is 6.04 Å². The monoisotopic (exact) mass is 307 g/mol. The number of anilines is 1. The van der Waals surface area contributed by atoms with E-state index in [4.69, 9.17) is 11.6 Å². The Morgan fingerprint density at radius 2 is 2.33 bits per heavy atom. The van der Waals surface area contributed by atoms with Crippen LogP contribution in [-0.4, -0.2) is 9.78 Å². The molecule has 1 unspecified atom stereocenters. The number of benzene rings is 1. The third kappa shape index (κ3) is 3.49. The molecule has 0 aliphatic heterocycles. The van der Waals surface area contributed by atoms with Crippen LogP contribution in [0.3, 0.4) is 0 Å². The Labute approximate surface area is 126 Å². The van der Waals surface area contributed by atoms with E-state index in [9.17, 15) is 9.18 Å². The molecule has 0 spiro atoms. The van der Waals surface area contributed by atoms with Gasteiger partial charge in [-0.3, -0.25) is 4.79 Å². The largest absolute Gasteiger partial charge is 0.376 e. The molecule has 0 saturated heterocycles. The van der Waals surface area contributed by atoms with Crippen molar-refractivity contribution in [3.63, 3.8) is 0 Å². The maximum absolute atomic E-state index is 13.2. The van der Waals surface area contributed by atoms with E-state index in [1.165, 1.54) is 23.0 Å². The quantitative estimate of drug-likeness (QED) is 0.861. The number of hydrogen-bond donors (Lipinski definition) is 1. The van der Waals surface area contributed by atoms with Gasteiger partial charge in [0.2, 0.25) is 0 Å². The summed E-state index contributed by atoms with van der Waals surface area (Å²) in [5.74, 6) is -0.313. The second-order valence-corrected chi connectivity index (χ2v) is 4.95. The molecule has 0 aliphatic rings. The lowest BCUT2D eigenvalue weighted by atomic mass is 10.1.